The third kappa shape index (κ3) is 5.09. The van der Waals surface area contributed by atoms with E-state index >= 15 is 0 Å². The van der Waals surface area contributed by atoms with Crippen molar-refractivity contribution in [1.82, 2.24) is 10.2 Å². The molecule has 2 rings (SSSR count). The Bertz CT molecular complexity index is 616. The van der Waals surface area contributed by atoms with Crippen molar-refractivity contribution in [2.45, 2.75) is 24.6 Å². The predicted octanol–water partition coefficient (Wildman–Crippen LogP) is 3.61. The van der Waals surface area contributed by atoms with Gasteiger partial charge < -0.3 is 5.32 Å². The number of rotatable bonds is 6. The number of thioether (sulfide) groups is 1. The molecule has 21 heavy (non-hydrogen) atoms. The van der Waals surface area contributed by atoms with Gasteiger partial charge in [-0.3, -0.25) is 4.79 Å². The minimum atomic E-state index is -0.377. The fourth-order valence-corrected chi connectivity index (χ4v) is 3.28. The van der Waals surface area contributed by atoms with E-state index in [0.717, 1.165) is 10.1 Å². The van der Waals surface area contributed by atoms with Gasteiger partial charge in [-0.25, -0.2) is 4.39 Å². The molecule has 7 heteroatoms. The lowest BCUT2D eigenvalue weighted by Gasteiger charge is -2.02. The molecule has 112 valence electrons. The van der Waals surface area contributed by atoms with E-state index in [1.54, 1.807) is 30.0 Å². The Labute approximate surface area is 131 Å². The van der Waals surface area contributed by atoms with E-state index in [0.29, 0.717) is 16.6 Å². The minimum absolute atomic E-state index is 0.0132. The summed E-state index contributed by atoms with van der Waals surface area (Å²) in [5.41, 5.74) is 0.369. The lowest BCUT2D eigenvalue weighted by atomic mass is 10.1. The molecule has 1 aromatic carbocycles. The van der Waals surface area contributed by atoms with E-state index in [9.17, 15) is 9.18 Å². The fourth-order valence-electron chi connectivity index (χ4n) is 1.53. The van der Waals surface area contributed by atoms with Crippen molar-refractivity contribution in [3.05, 3.63) is 35.6 Å². The molecule has 0 saturated heterocycles. The number of carbonyl (C=O) groups is 1. The highest BCUT2D eigenvalue weighted by Gasteiger charge is 2.11. The number of aromatic nitrogens is 2. The van der Waals surface area contributed by atoms with Crippen molar-refractivity contribution in [2.24, 2.45) is 5.92 Å². The van der Waals surface area contributed by atoms with E-state index in [1.807, 2.05) is 0 Å². The number of anilines is 1. The van der Waals surface area contributed by atoms with E-state index in [-0.39, 0.29) is 18.1 Å². The second-order valence-electron chi connectivity index (χ2n) is 4.89. The minimum Gasteiger partial charge on any atom is -0.300 e. The van der Waals surface area contributed by atoms with Crippen LogP contribution < -0.4 is 5.32 Å². The number of nitrogens with zero attached hydrogens (tertiary/aromatic N) is 2. The average molecular weight is 325 g/mol. The van der Waals surface area contributed by atoms with Crippen LogP contribution in [0.3, 0.4) is 0 Å². The maximum atomic E-state index is 13.5. The molecule has 0 saturated carbocycles. The van der Waals surface area contributed by atoms with Crippen LogP contribution in [0.2, 0.25) is 0 Å². The van der Waals surface area contributed by atoms with Crippen LogP contribution >= 0.6 is 23.1 Å². The summed E-state index contributed by atoms with van der Waals surface area (Å²) in [4.78, 5) is 11.9. The molecule has 0 atom stereocenters. The van der Waals surface area contributed by atoms with Gasteiger partial charge in [-0.05, 0) is 17.5 Å². The summed E-state index contributed by atoms with van der Waals surface area (Å²) < 4.78 is 14.3. The number of amides is 1. The highest BCUT2D eigenvalue weighted by Crippen LogP contribution is 2.26. The van der Waals surface area contributed by atoms with Crippen molar-refractivity contribution in [2.75, 3.05) is 11.1 Å². The topological polar surface area (TPSA) is 54.9 Å². The second kappa shape index (κ2) is 7.51. The summed E-state index contributed by atoms with van der Waals surface area (Å²) in [6, 6.07) is 6.24. The quantitative estimate of drug-likeness (QED) is 0.651. The van der Waals surface area contributed by atoms with Crippen molar-refractivity contribution in [3.63, 3.8) is 0 Å². The van der Waals surface area contributed by atoms with Crippen LogP contribution in [-0.4, -0.2) is 21.9 Å². The SMILES string of the molecule is CC(C)CSc1nnc(NC(=O)Cc2ccccc2F)s1. The Hall–Kier alpha value is -1.47. The molecule has 1 amide bonds. The number of nitrogens with one attached hydrogen (secondary N) is 1. The molecule has 2 aromatic rings. The third-order valence-corrected chi connectivity index (χ3v) is 4.90. The molecule has 0 fully saturated rings. The first-order valence-corrected chi connectivity index (χ1v) is 8.34. The number of carbonyl (C=O) groups excluding carboxylic acids is 1. The summed E-state index contributed by atoms with van der Waals surface area (Å²) in [5.74, 6) is 0.852. The maximum Gasteiger partial charge on any atom is 0.230 e. The molecular weight excluding hydrogens is 309 g/mol. The van der Waals surface area contributed by atoms with Crippen molar-refractivity contribution in [1.29, 1.82) is 0 Å². The van der Waals surface area contributed by atoms with Crippen LogP contribution in [0.4, 0.5) is 9.52 Å². The Morgan fingerprint density at radius 2 is 2.14 bits per heavy atom. The number of benzene rings is 1. The van der Waals surface area contributed by atoms with Gasteiger partial charge in [0.1, 0.15) is 5.82 Å². The first kappa shape index (κ1) is 15.9. The lowest BCUT2D eigenvalue weighted by Crippen LogP contribution is -2.15. The molecule has 0 unspecified atom stereocenters. The van der Waals surface area contributed by atoms with E-state index in [4.69, 9.17) is 0 Å². The smallest absolute Gasteiger partial charge is 0.230 e. The van der Waals surface area contributed by atoms with Crippen LogP contribution in [0.1, 0.15) is 19.4 Å². The molecule has 4 nitrogen and oxygen atoms in total. The van der Waals surface area contributed by atoms with Gasteiger partial charge in [0.2, 0.25) is 11.0 Å². The van der Waals surface area contributed by atoms with Crippen molar-refractivity contribution in [3.8, 4) is 0 Å². The highest BCUT2D eigenvalue weighted by molar-refractivity contribution is 8.01. The molecule has 0 aliphatic carbocycles. The first-order chi connectivity index (χ1) is 10.0. The zero-order valence-electron chi connectivity index (χ0n) is 11.8. The van der Waals surface area contributed by atoms with E-state index in [1.165, 1.54) is 17.4 Å². The predicted molar refractivity (Wildman–Crippen MR) is 84.2 cm³/mol. The maximum absolute atomic E-state index is 13.5. The zero-order chi connectivity index (χ0) is 15.2. The summed E-state index contributed by atoms with van der Waals surface area (Å²) >= 11 is 2.95. The molecule has 1 N–H and O–H groups in total. The van der Waals surface area contributed by atoms with Gasteiger partial charge >= 0.3 is 0 Å². The summed E-state index contributed by atoms with van der Waals surface area (Å²) in [6.07, 6.45) is -0.0132. The molecule has 0 aliphatic heterocycles. The van der Waals surface area contributed by atoms with Crippen molar-refractivity contribution < 1.29 is 9.18 Å². The van der Waals surface area contributed by atoms with Gasteiger partial charge in [0, 0.05) is 5.75 Å². The molecule has 0 bridgehead atoms. The standard InChI is InChI=1S/C14H16FN3OS2/c1-9(2)8-20-14-18-17-13(21-14)16-12(19)7-10-5-3-4-6-11(10)15/h3-6,9H,7-8H2,1-2H3,(H,16,17,19). The van der Waals surface area contributed by atoms with Crippen LogP contribution in [-0.2, 0) is 11.2 Å². The Morgan fingerprint density at radius 1 is 1.38 bits per heavy atom. The summed E-state index contributed by atoms with van der Waals surface area (Å²) in [5, 5.41) is 11.0. The lowest BCUT2D eigenvalue weighted by molar-refractivity contribution is -0.115. The Kier molecular flexibility index (Phi) is 5.69. The van der Waals surface area contributed by atoms with Gasteiger partial charge in [0.15, 0.2) is 4.34 Å². The molecule has 1 heterocycles. The molecule has 0 spiro atoms. The van der Waals surface area contributed by atoms with E-state index < -0.39 is 0 Å². The molecule has 0 aliphatic rings. The van der Waals surface area contributed by atoms with Crippen LogP contribution in [0.25, 0.3) is 0 Å². The average Bonchev–Trinajstić information content (AvgIpc) is 2.86. The molecule has 0 radical (unpaired) electrons. The number of hydrogen-bond donors (Lipinski definition) is 1. The van der Waals surface area contributed by atoms with Gasteiger partial charge in [-0.15, -0.1) is 10.2 Å². The van der Waals surface area contributed by atoms with Gasteiger partial charge in [-0.1, -0.05) is 55.1 Å². The third-order valence-electron chi connectivity index (χ3n) is 2.50. The first-order valence-electron chi connectivity index (χ1n) is 6.54. The van der Waals surface area contributed by atoms with Crippen molar-refractivity contribution >= 4 is 34.1 Å². The summed E-state index contributed by atoms with van der Waals surface area (Å²) in [7, 11) is 0. The molecular formula is C14H16FN3OS2. The Morgan fingerprint density at radius 3 is 2.86 bits per heavy atom. The van der Waals surface area contributed by atoms with E-state index in [2.05, 4.69) is 29.4 Å². The van der Waals surface area contributed by atoms with Gasteiger partial charge in [0.05, 0.1) is 6.42 Å². The van der Waals surface area contributed by atoms with Gasteiger partial charge in [-0.2, -0.15) is 0 Å². The van der Waals surface area contributed by atoms with Crippen LogP contribution in [0, 0.1) is 11.7 Å². The number of hydrogen-bond acceptors (Lipinski definition) is 5. The normalized spacial score (nSPS) is 10.9. The Balaban J connectivity index is 1.90. The zero-order valence-corrected chi connectivity index (χ0v) is 13.4. The number of halogens is 1. The largest absolute Gasteiger partial charge is 0.300 e. The fraction of sp³-hybridized carbons (Fsp3) is 0.357. The van der Waals surface area contributed by atoms with Gasteiger partial charge in [0.25, 0.3) is 0 Å². The summed E-state index contributed by atoms with van der Waals surface area (Å²) in [6.45, 7) is 4.26. The monoisotopic (exact) mass is 325 g/mol. The highest BCUT2D eigenvalue weighted by atomic mass is 32.2. The van der Waals surface area contributed by atoms with Crippen LogP contribution in [0.5, 0.6) is 0 Å². The second-order valence-corrected chi connectivity index (χ2v) is 7.14. The van der Waals surface area contributed by atoms with Crippen LogP contribution in [0.15, 0.2) is 28.6 Å². The molecule has 1 aromatic heterocycles.